The highest BCUT2D eigenvalue weighted by atomic mass is 19.1. The summed E-state index contributed by atoms with van der Waals surface area (Å²) in [4.78, 5) is 32.5. The minimum atomic E-state index is -0.653. The number of aromatic nitrogens is 1. The van der Waals surface area contributed by atoms with Crippen LogP contribution < -0.4 is 16.0 Å². The zero-order valence-corrected chi connectivity index (χ0v) is 16.1. The molecule has 0 atom stereocenters. The number of hydrogen-bond acceptors (Lipinski definition) is 5. The first kappa shape index (κ1) is 19.3. The Morgan fingerprint density at radius 1 is 1.03 bits per heavy atom. The van der Waals surface area contributed by atoms with Gasteiger partial charge in [0.2, 0.25) is 0 Å². The highest BCUT2D eigenvalue weighted by Gasteiger charge is 2.45. The van der Waals surface area contributed by atoms with Crippen molar-refractivity contribution < 1.29 is 14.0 Å². The minimum Gasteiger partial charge on any atom is -0.369 e. The topological polar surface area (TPSA) is 91.6 Å². The van der Waals surface area contributed by atoms with E-state index < -0.39 is 5.91 Å². The summed E-state index contributed by atoms with van der Waals surface area (Å²) in [6.07, 6.45) is 1.85. The highest BCUT2D eigenvalue weighted by molar-refractivity contribution is 5.96. The molecule has 0 unspecified atom stereocenters. The van der Waals surface area contributed by atoms with Gasteiger partial charge in [0.1, 0.15) is 17.2 Å². The van der Waals surface area contributed by atoms with Gasteiger partial charge in [-0.1, -0.05) is 6.07 Å². The maximum absolute atomic E-state index is 13.1. The second kappa shape index (κ2) is 7.79. The van der Waals surface area contributed by atoms with Gasteiger partial charge in [-0.25, -0.2) is 9.37 Å². The molecule has 1 saturated carbocycles. The molecule has 0 bridgehead atoms. The fourth-order valence-electron chi connectivity index (χ4n) is 3.72. The number of piperazine rings is 1. The van der Waals surface area contributed by atoms with Crippen LogP contribution in [0.25, 0.3) is 0 Å². The fourth-order valence-corrected chi connectivity index (χ4v) is 3.72. The summed E-state index contributed by atoms with van der Waals surface area (Å²) >= 11 is 0. The van der Waals surface area contributed by atoms with Crippen LogP contribution in [0.15, 0.2) is 42.5 Å². The monoisotopic (exact) mass is 397 g/mol. The molecule has 4 rings (SSSR count). The molecule has 7 nitrogen and oxygen atoms in total. The average Bonchev–Trinajstić information content (AvgIpc) is 3.48. The molecule has 1 aromatic heterocycles. The van der Waals surface area contributed by atoms with Crippen molar-refractivity contribution in [1.82, 2.24) is 15.2 Å². The Kier molecular flexibility index (Phi) is 5.19. The Labute approximate surface area is 168 Å². The van der Waals surface area contributed by atoms with Crippen molar-refractivity contribution in [3.05, 3.63) is 59.7 Å². The van der Waals surface area contributed by atoms with Crippen LogP contribution in [0.3, 0.4) is 0 Å². The molecule has 1 saturated heterocycles. The normalized spacial score (nSPS) is 18.3. The predicted molar refractivity (Wildman–Crippen MR) is 107 cm³/mol. The number of rotatable bonds is 6. The van der Waals surface area contributed by atoms with Gasteiger partial charge in [0.25, 0.3) is 11.8 Å². The lowest BCUT2D eigenvalue weighted by atomic mass is 10.2. The number of primary amides is 1. The van der Waals surface area contributed by atoms with Crippen molar-refractivity contribution in [3.8, 4) is 0 Å². The zero-order chi connectivity index (χ0) is 20.4. The summed E-state index contributed by atoms with van der Waals surface area (Å²) in [6, 6.07) is 11.3. The Morgan fingerprint density at radius 3 is 2.31 bits per heavy atom. The summed E-state index contributed by atoms with van der Waals surface area (Å²) in [7, 11) is 0. The van der Waals surface area contributed by atoms with Gasteiger partial charge in [0.05, 0.1) is 5.54 Å². The molecular formula is C21H24FN5O2. The number of carbonyl (C=O) groups is 2. The molecule has 2 aromatic rings. The molecule has 8 heteroatoms. The van der Waals surface area contributed by atoms with Gasteiger partial charge in [0, 0.05) is 38.4 Å². The second-order valence-electron chi connectivity index (χ2n) is 7.75. The third-order valence-electron chi connectivity index (χ3n) is 5.56. The maximum atomic E-state index is 13.1. The molecule has 2 aliphatic rings. The minimum absolute atomic E-state index is 0.0828. The highest BCUT2D eigenvalue weighted by Crippen LogP contribution is 2.36. The van der Waals surface area contributed by atoms with E-state index in [0.29, 0.717) is 0 Å². The Hall–Kier alpha value is -3.00. The van der Waals surface area contributed by atoms with Crippen LogP contribution in [0.1, 0.15) is 33.8 Å². The molecule has 0 radical (unpaired) electrons. The van der Waals surface area contributed by atoms with Crippen LogP contribution >= 0.6 is 0 Å². The lowest BCUT2D eigenvalue weighted by Gasteiger charge is -2.38. The summed E-state index contributed by atoms with van der Waals surface area (Å²) in [5, 5.41) is 3.10. The first-order chi connectivity index (χ1) is 13.9. The van der Waals surface area contributed by atoms with E-state index in [1.54, 1.807) is 24.3 Å². The smallest absolute Gasteiger partial charge is 0.270 e. The van der Waals surface area contributed by atoms with E-state index in [1.807, 2.05) is 0 Å². The van der Waals surface area contributed by atoms with Crippen molar-refractivity contribution >= 4 is 17.5 Å². The van der Waals surface area contributed by atoms with Crippen LogP contribution in [-0.2, 0) is 0 Å². The summed E-state index contributed by atoms with van der Waals surface area (Å²) in [5.74, 6) is -1.16. The predicted octanol–water partition coefficient (Wildman–Crippen LogP) is 1.40. The Morgan fingerprint density at radius 2 is 1.69 bits per heavy atom. The molecule has 3 N–H and O–H groups in total. The number of nitrogens with one attached hydrogen (secondary N) is 1. The van der Waals surface area contributed by atoms with E-state index in [-0.39, 0.29) is 28.7 Å². The van der Waals surface area contributed by atoms with Crippen molar-refractivity contribution in [1.29, 1.82) is 0 Å². The van der Waals surface area contributed by atoms with Crippen LogP contribution in [0.4, 0.5) is 10.1 Å². The Balaban J connectivity index is 1.32. The quantitative estimate of drug-likeness (QED) is 0.769. The standard InChI is InChI=1S/C21H24FN5O2/c22-15-4-6-16(7-5-15)27-12-10-26(11-13-27)14-21(8-9-21)25-20(29)18-3-1-2-17(24-18)19(23)28/h1-7H,8-14H2,(H2,23,28)(H,25,29). The largest absolute Gasteiger partial charge is 0.369 e. The third-order valence-corrected chi connectivity index (χ3v) is 5.56. The van der Waals surface area contributed by atoms with Crippen LogP contribution in [0.5, 0.6) is 0 Å². The molecule has 1 aliphatic heterocycles. The maximum Gasteiger partial charge on any atom is 0.270 e. The van der Waals surface area contributed by atoms with Gasteiger partial charge < -0.3 is 16.0 Å². The molecule has 2 fully saturated rings. The van der Waals surface area contributed by atoms with Crippen molar-refractivity contribution in [2.24, 2.45) is 5.73 Å². The number of anilines is 1. The first-order valence-corrected chi connectivity index (χ1v) is 9.76. The van der Waals surface area contributed by atoms with Gasteiger partial charge in [-0.15, -0.1) is 0 Å². The van der Waals surface area contributed by atoms with E-state index in [9.17, 15) is 14.0 Å². The number of amides is 2. The van der Waals surface area contributed by atoms with Crippen molar-refractivity contribution in [2.75, 3.05) is 37.6 Å². The van der Waals surface area contributed by atoms with E-state index >= 15 is 0 Å². The number of nitrogens with zero attached hydrogens (tertiary/aromatic N) is 3. The van der Waals surface area contributed by atoms with E-state index in [2.05, 4.69) is 20.1 Å². The average molecular weight is 397 g/mol. The molecule has 152 valence electrons. The van der Waals surface area contributed by atoms with E-state index in [0.717, 1.165) is 51.3 Å². The van der Waals surface area contributed by atoms with E-state index in [1.165, 1.54) is 18.2 Å². The van der Waals surface area contributed by atoms with Gasteiger partial charge in [-0.2, -0.15) is 0 Å². The number of hydrogen-bond donors (Lipinski definition) is 2. The fraction of sp³-hybridized carbons (Fsp3) is 0.381. The molecule has 0 spiro atoms. The summed E-state index contributed by atoms with van der Waals surface area (Å²) in [5.41, 5.74) is 6.32. The van der Waals surface area contributed by atoms with Crippen molar-refractivity contribution in [3.63, 3.8) is 0 Å². The summed E-state index contributed by atoms with van der Waals surface area (Å²) in [6.45, 7) is 4.26. The van der Waals surface area contributed by atoms with E-state index in [4.69, 9.17) is 5.73 Å². The Bertz CT molecular complexity index is 906. The molecule has 2 amide bonds. The molecule has 2 heterocycles. The number of halogens is 1. The van der Waals surface area contributed by atoms with Crippen LogP contribution in [0.2, 0.25) is 0 Å². The molecular weight excluding hydrogens is 373 g/mol. The SMILES string of the molecule is NC(=O)c1cccc(C(=O)NC2(CN3CCN(c4ccc(F)cc4)CC3)CC2)n1. The first-order valence-electron chi connectivity index (χ1n) is 9.76. The number of benzene rings is 1. The van der Waals surface area contributed by atoms with Crippen molar-refractivity contribution in [2.45, 2.75) is 18.4 Å². The van der Waals surface area contributed by atoms with Gasteiger partial charge in [-0.3, -0.25) is 14.5 Å². The summed E-state index contributed by atoms with van der Waals surface area (Å²) < 4.78 is 13.1. The zero-order valence-electron chi connectivity index (χ0n) is 16.1. The van der Waals surface area contributed by atoms with Gasteiger partial charge in [-0.05, 0) is 49.2 Å². The molecule has 1 aliphatic carbocycles. The lowest BCUT2D eigenvalue weighted by molar-refractivity contribution is 0.0909. The number of nitrogens with two attached hydrogens (primary N) is 1. The number of carbonyl (C=O) groups excluding carboxylic acids is 2. The molecule has 29 heavy (non-hydrogen) atoms. The van der Waals surface area contributed by atoms with Crippen LogP contribution in [-0.4, -0.2) is 60.0 Å². The molecule has 1 aromatic carbocycles. The van der Waals surface area contributed by atoms with Gasteiger partial charge in [0.15, 0.2) is 0 Å². The van der Waals surface area contributed by atoms with Gasteiger partial charge >= 0.3 is 0 Å². The number of pyridine rings is 1. The lowest BCUT2D eigenvalue weighted by Crippen LogP contribution is -2.52. The third kappa shape index (κ3) is 4.54. The second-order valence-corrected chi connectivity index (χ2v) is 7.75. The van der Waals surface area contributed by atoms with Crippen LogP contribution in [0, 0.1) is 5.82 Å².